The highest BCUT2D eigenvalue weighted by molar-refractivity contribution is 6.69. The molecule has 0 heterocycles. The maximum absolute atomic E-state index is 10.7. The first-order chi connectivity index (χ1) is 10.4. The van der Waals surface area contributed by atoms with Gasteiger partial charge in [-0.3, -0.25) is 15.5 Å². The van der Waals surface area contributed by atoms with Crippen molar-refractivity contribution < 1.29 is 4.92 Å². The molecular formula is C13H7Cl4N3O2. The Morgan fingerprint density at radius 2 is 1.77 bits per heavy atom. The van der Waals surface area contributed by atoms with E-state index in [9.17, 15) is 10.1 Å². The molecule has 0 radical (unpaired) electrons. The fraction of sp³-hybridized carbons (Fsp3) is 0. The monoisotopic (exact) mass is 377 g/mol. The summed E-state index contributed by atoms with van der Waals surface area (Å²) in [6.07, 6.45) is 0. The number of non-ortho nitro benzene ring substituents is 1. The number of rotatable bonds is 4. The lowest BCUT2D eigenvalue weighted by molar-refractivity contribution is -0.384. The molecule has 22 heavy (non-hydrogen) atoms. The molecule has 0 atom stereocenters. The predicted molar refractivity (Wildman–Crippen MR) is 90.6 cm³/mol. The first-order valence-electron chi connectivity index (χ1n) is 5.77. The number of nitrogens with zero attached hydrogens (tertiary/aromatic N) is 2. The maximum Gasteiger partial charge on any atom is 0.270 e. The molecule has 9 heteroatoms. The van der Waals surface area contributed by atoms with Gasteiger partial charge in [0.15, 0.2) is 5.17 Å². The van der Waals surface area contributed by atoms with Crippen LogP contribution in [0.25, 0.3) is 0 Å². The first kappa shape index (κ1) is 16.8. The first-order valence-corrected chi connectivity index (χ1v) is 7.28. The van der Waals surface area contributed by atoms with E-state index in [1.807, 2.05) is 0 Å². The summed E-state index contributed by atoms with van der Waals surface area (Å²) in [5.74, 6) is 0. The van der Waals surface area contributed by atoms with Crippen LogP contribution in [0.3, 0.4) is 0 Å². The maximum atomic E-state index is 10.7. The molecule has 0 saturated carbocycles. The van der Waals surface area contributed by atoms with Crippen LogP contribution in [0.2, 0.25) is 15.1 Å². The van der Waals surface area contributed by atoms with Crippen molar-refractivity contribution >= 4 is 62.9 Å². The zero-order valence-electron chi connectivity index (χ0n) is 10.7. The van der Waals surface area contributed by atoms with Crippen LogP contribution in [0, 0.1) is 10.1 Å². The van der Waals surface area contributed by atoms with Crippen molar-refractivity contribution in [3.8, 4) is 0 Å². The molecule has 5 nitrogen and oxygen atoms in total. The van der Waals surface area contributed by atoms with Gasteiger partial charge in [-0.15, -0.1) is 0 Å². The van der Waals surface area contributed by atoms with Gasteiger partial charge in [0.25, 0.3) is 5.69 Å². The number of benzene rings is 2. The van der Waals surface area contributed by atoms with E-state index < -0.39 is 4.92 Å². The number of nitro groups is 1. The van der Waals surface area contributed by atoms with E-state index in [-0.39, 0.29) is 20.9 Å². The zero-order chi connectivity index (χ0) is 16.3. The van der Waals surface area contributed by atoms with Gasteiger partial charge in [0.1, 0.15) is 0 Å². The van der Waals surface area contributed by atoms with Crippen LogP contribution < -0.4 is 5.43 Å². The van der Waals surface area contributed by atoms with Crippen LogP contribution >= 0.6 is 46.4 Å². The second kappa shape index (κ2) is 7.15. The third-order valence-corrected chi connectivity index (χ3v) is 3.69. The van der Waals surface area contributed by atoms with Gasteiger partial charge in [-0.05, 0) is 12.1 Å². The van der Waals surface area contributed by atoms with Crippen LogP contribution in [0.5, 0.6) is 0 Å². The smallest absolute Gasteiger partial charge is 0.270 e. The lowest BCUT2D eigenvalue weighted by Gasteiger charge is -2.07. The molecule has 0 aliphatic rings. The van der Waals surface area contributed by atoms with Crippen molar-refractivity contribution in [3.63, 3.8) is 0 Å². The van der Waals surface area contributed by atoms with E-state index in [1.54, 1.807) is 6.07 Å². The van der Waals surface area contributed by atoms with Crippen molar-refractivity contribution in [2.24, 2.45) is 5.10 Å². The molecule has 0 aliphatic carbocycles. The predicted octanol–water partition coefficient (Wildman–Crippen LogP) is 5.57. The third-order valence-electron chi connectivity index (χ3n) is 2.57. The van der Waals surface area contributed by atoms with Gasteiger partial charge in [-0.25, -0.2) is 0 Å². The molecular weight excluding hydrogens is 372 g/mol. The third kappa shape index (κ3) is 4.01. The molecule has 2 aromatic rings. The van der Waals surface area contributed by atoms with E-state index >= 15 is 0 Å². The summed E-state index contributed by atoms with van der Waals surface area (Å²) in [5, 5.41) is 15.6. The average Bonchev–Trinajstić information content (AvgIpc) is 2.46. The summed E-state index contributed by atoms with van der Waals surface area (Å²) in [6.45, 7) is 0. The van der Waals surface area contributed by atoms with Crippen LogP contribution in [0.4, 0.5) is 11.4 Å². The number of hydrogen-bond acceptors (Lipinski definition) is 4. The van der Waals surface area contributed by atoms with Crippen LogP contribution in [-0.2, 0) is 0 Å². The second-order valence-corrected chi connectivity index (χ2v) is 5.68. The number of hydrazone groups is 1. The largest absolute Gasteiger partial charge is 0.274 e. The Labute approximate surface area is 145 Å². The van der Waals surface area contributed by atoms with Crippen molar-refractivity contribution in [2.75, 3.05) is 5.43 Å². The second-order valence-electron chi connectivity index (χ2n) is 4.07. The van der Waals surface area contributed by atoms with Gasteiger partial charge in [0, 0.05) is 22.7 Å². The normalized spacial score (nSPS) is 11.4. The molecule has 0 aliphatic heterocycles. The van der Waals surface area contributed by atoms with Crippen LogP contribution in [0.1, 0.15) is 5.56 Å². The Bertz CT molecular complexity index is 742. The van der Waals surface area contributed by atoms with E-state index in [4.69, 9.17) is 46.4 Å². The van der Waals surface area contributed by atoms with Gasteiger partial charge in [0.05, 0.1) is 20.7 Å². The molecule has 0 amide bonds. The molecule has 0 aromatic heterocycles. The Morgan fingerprint density at radius 1 is 1.14 bits per heavy atom. The quantitative estimate of drug-likeness (QED) is 0.429. The molecule has 0 fully saturated rings. The fourth-order valence-corrected chi connectivity index (χ4v) is 2.63. The molecule has 0 spiro atoms. The number of nitrogens with one attached hydrogen (secondary N) is 1. The molecule has 0 unspecified atom stereocenters. The zero-order valence-corrected chi connectivity index (χ0v) is 13.7. The summed E-state index contributed by atoms with van der Waals surface area (Å²) in [4.78, 5) is 10.2. The van der Waals surface area contributed by atoms with Gasteiger partial charge in [0.2, 0.25) is 0 Å². The lowest BCUT2D eigenvalue weighted by Crippen LogP contribution is -1.99. The van der Waals surface area contributed by atoms with Crippen molar-refractivity contribution in [2.45, 2.75) is 0 Å². The molecule has 114 valence electrons. The topological polar surface area (TPSA) is 67.5 Å². The van der Waals surface area contributed by atoms with Gasteiger partial charge in [-0.1, -0.05) is 58.5 Å². The summed E-state index contributed by atoms with van der Waals surface area (Å²) in [5.41, 5.74) is 3.24. The summed E-state index contributed by atoms with van der Waals surface area (Å²) >= 11 is 23.8. The van der Waals surface area contributed by atoms with Gasteiger partial charge in [-0.2, -0.15) is 5.10 Å². The SMILES string of the molecule is O=[N+]([O-])c1cccc(/C(Cl)=N/Nc2c(Cl)cc(Cl)cc2Cl)c1. The van der Waals surface area contributed by atoms with E-state index in [2.05, 4.69) is 10.5 Å². The Morgan fingerprint density at radius 3 is 2.36 bits per heavy atom. The summed E-state index contributed by atoms with van der Waals surface area (Å²) in [6, 6.07) is 8.74. The Kier molecular flexibility index (Phi) is 5.47. The van der Waals surface area contributed by atoms with Crippen molar-refractivity contribution in [1.29, 1.82) is 0 Å². The Balaban J connectivity index is 2.27. The highest BCUT2D eigenvalue weighted by atomic mass is 35.5. The Hall–Kier alpha value is -1.53. The summed E-state index contributed by atoms with van der Waals surface area (Å²) in [7, 11) is 0. The molecule has 0 saturated heterocycles. The van der Waals surface area contributed by atoms with Crippen LogP contribution in [0.15, 0.2) is 41.5 Å². The van der Waals surface area contributed by atoms with Crippen LogP contribution in [-0.4, -0.2) is 10.1 Å². The molecule has 2 rings (SSSR count). The van der Waals surface area contributed by atoms with E-state index in [1.165, 1.54) is 30.3 Å². The number of halogens is 4. The minimum atomic E-state index is -0.520. The highest BCUT2D eigenvalue weighted by Gasteiger charge is 2.10. The summed E-state index contributed by atoms with van der Waals surface area (Å²) < 4.78 is 0. The molecule has 1 N–H and O–H groups in total. The molecule has 2 aromatic carbocycles. The fourth-order valence-electron chi connectivity index (χ4n) is 1.57. The minimum absolute atomic E-state index is 0.0192. The standard InChI is InChI=1S/C13H7Cl4N3O2/c14-8-5-10(15)12(11(16)6-8)18-19-13(17)7-2-1-3-9(4-7)20(21)22/h1-6,18H/b19-13-. The van der Waals surface area contributed by atoms with Gasteiger partial charge >= 0.3 is 0 Å². The minimum Gasteiger partial charge on any atom is -0.274 e. The highest BCUT2D eigenvalue weighted by Crippen LogP contribution is 2.33. The lowest BCUT2D eigenvalue weighted by atomic mass is 10.2. The number of nitro benzene ring substituents is 1. The van der Waals surface area contributed by atoms with Crippen molar-refractivity contribution in [1.82, 2.24) is 0 Å². The molecule has 0 bridgehead atoms. The van der Waals surface area contributed by atoms with E-state index in [0.717, 1.165) is 0 Å². The number of hydrogen-bond donors (Lipinski definition) is 1. The number of anilines is 1. The average molecular weight is 379 g/mol. The van der Waals surface area contributed by atoms with E-state index in [0.29, 0.717) is 16.3 Å². The van der Waals surface area contributed by atoms with Gasteiger partial charge < -0.3 is 0 Å². The van der Waals surface area contributed by atoms with Crippen molar-refractivity contribution in [3.05, 3.63) is 67.1 Å².